The van der Waals surface area contributed by atoms with Gasteiger partial charge in [-0.2, -0.15) is 0 Å². The van der Waals surface area contributed by atoms with Gasteiger partial charge in [0.1, 0.15) is 44.7 Å². The largest absolute Gasteiger partial charge is 0.481 e. The van der Waals surface area contributed by atoms with Gasteiger partial charge in [-0.05, 0) is 105 Å². The second kappa shape index (κ2) is 22.5. The summed E-state index contributed by atoms with van der Waals surface area (Å²) in [6.45, 7) is 12.6. The van der Waals surface area contributed by atoms with Gasteiger partial charge in [0.05, 0.1) is 6.61 Å². The second-order valence-electron chi connectivity index (χ2n) is 15.8. The van der Waals surface area contributed by atoms with Crippen molar-refractivity contribution in [3.05, 3.63) is 84.2 Å². The standard InChI is InChI=1S/C24H30F2N2O2S.C22H26F2N2O2S/c1-4-30-22(29)8-7-17-9-12-28(13-10-17)23-20(25)14-18(15-21(23)26)19-6-5-11-27-24(19)31-16(2)3;1-14(2)29-22-17(4-3-9-25-22)16-12-18(23)21(19(24)13-16)26-10-7-15(8-11-26)5-6-20(27)28/h5-6,11,14-17H,4,7-10,12-13H2,1-3H3;3-4,9,12-15H,5-8,10-11H2,1-2H3,(H,27,28). The minimum atomic E-state index is -0.800. The number of carboxylic acids is 1. The van der Waals surface area contributed by atoms with Gasteiger partial charge in [-0.1, -0.05) is 39.8 Å². The van der Waals surface area contributed by atoms with E-state index in [0.29, 0.717) is 79.1 Å². The SMILES string of the molecule is CC(C)Sc1ncccc1-c1cc(F)c(N2CCC(CCC(=O)O)CC2)c(F)c1.CCOC(=O)CCC1CCN(c2c(F)cc(-c3cccnc3SC(C)C)cc2F)CC1. The molecule has 6 rings (SSSR count). The number of aliphatic carboxylic acids is 1. The number of rotatable bonds is 15. The average Bonchev–Trinajstić information content (AvgIpc) is 3.20. The van der Waals surface area contributed by atoms with Gasteiger partial charge in [0.25, 0.3) is 0 Å². The van der Waals surface area contributed by atoms with E-state index in [4.69, 9.17) is 9.84 Å². The van der Waals surface area contributed by atoms with Crippen LogP contribution < -0.4 is 9.80 Å². The third-order valence-corrected chi connectivity index (χ3v) is 12.6. The number of carbonyl (C=O) groups is 2. The third-order valence-electron chi connectivity index (χ3n) is 10.6. The van der Waals surface area contributed by atoms with E-state index in [2.05, 4.69) is 23.8 Å². The molecule has 0 atom stereocenters. The summed E-state index contributed by atoms with van der Waals surface area (Å²) in [6.07, 6.45) is 8.39. The normalized spacial score (nSPS) is 15.0. The zero-order valence-electron chi connectivity index (χ0n) is 35.1. The molecule has 2 aliphatic heterocycles. The first-order valence-electron chi connectivity index (χ1n) is 20.8. The fourth-order valence-electron chi connectivity index (χ4n) is 7.67. The van der Waals surface area contributed by atoms with E-state index in [0.717, 1.165) is 53.3 Å². The zero-order chi connectivity index (χ0) is 43.3. The summed E-state index contributed by atoms with van der Waals surface area (Å²) in [6, 6.07) is 12.8. The molecule has 0 spiro atoms. The molecule has 0 radical (unpaired) electrons. The first kappa shape index (κ1) is 46.8. The fraction of sp³-hybridized carbons (Fsp3) is 0.478. The Morgan fingerprint density at radius 1 is 0.700 bits per heavy atom. The quantitative estimate of drug-likeness (QED) is 0.0707. The predicted molar refractivity (Wildman–Crippen MR) is 234 cm³/mol. The Bertz CT molecular complexity index is 2010. The molecule has 0 aliphatic carbocycles. The number of esters is 1. The van der Waals surface area contributed by atoms with Gasteiger partial charge in [-0.15, -0.1) is 23.5 Å². The molecule has 0 bridgehead atoms. The van der Waals surface area contributed by atoms with Crippen molar-refractivity contribution < 1.29 is 37.0 Å². The minimum Gasteiger partial charge on any atom is -0.481 e. The molecule has 14 heteroatoms. The first-order chi connectivity index (χ1) is 28.7. The molecule has 2 fully saturated rings. The second-order valence-corrected chi connectivity index (χ2v) is 18.9. The van der Waals surface area contributed by atoms with E-state index in [-0.39, 0.29) is 23.8 Å². The molecule has 0 amide bonds. The molecule has 0 unspecified atom stereocenters. The monoisotopic (exact) mass is 868 g/mol. The Morgan fingerprint density at radius 2 is 1.08 bits per heavy atom. The fourth-order valence-corrected chi connectivity index (χ4v) is 9.44. The molecule has 324 valence electrons. The Kier molecular flexibility index (Phi) is 17.5. The maximum Gasteiger partial charge on any atom is 0.305 e. The van der Waals surface area contributed by atoms with E-state index < -0.39 is 29.2 Å². The van der Waals surface area contributed by atoms with Crippen LogP contribution in [0.25, 0.3) is 22.3 Å². The van der Waals surface area contributed by atoms with Gasteiger partial charge in [-0.25, -0.2) is 27.5 Å². The number of pyridine rings is 2. The van der Waals surface area contributed by atoms with Crippen LogP contribution in [0.15, 0.2) is 71.0 Å². The Labute approximate surface area is 359 Å². The summed E-state index contributed by atoms with van der Waals surface area (Å²) in [7, 11) is 0. The van der Waals surface area contributed by atoms with Crippen molar-refractivity contribution in [2.75, 3.05) is 42.6 Å². The van der Waals surface area contributed by atoms with Crippen LogP contribution in [0.4, 0.5) is 28.9 Å². The third kappa shape index (κ3) is 13.1. The zero-order valence-corrected chi connectivity index (χ0v) is 36.7. The number of aromatic nitrogens is 2. The molecule has 8 nitrogen and oxygen atoms in total. The van der Waals surface area contributed by atoms with Crippen molar-refractivity contribution in [2.45, 2.75) is 107 Å². The van der Waals surface area contributed by atoms with Crippen LogP contribution in [-0.2, 0) is 14.3 Å². The Morgan fingerprint density at radius 3 is 1.43 bits per heavy atom. The van der Waals surface area contributed by atoms with E-state index in [1.807, 2.05) is 26.0 Å². The van der Waals surface area contributed by atoms with Crippen molar-refractivity contribution in [3.8, 4) is 22.3 Å². The first-order valence-corrected chi connectivity index (χ1v) is 22.6. The minimum absolute atomic E-state index is 0.00684. The summed E-state index contributed by atoms with van der Waals surface area (Å²) in [5.74, 6) is -2.57. The highest BCUT2D eigenvalue weighted by atomic mass is 32.2. The maximum absolute atomic E-state index is 15.0. The highest BCUT2D eigenvalue weighted by molar-refractivity contribution is 8.00. The summed E-state index contributed by atoms with van der Waals surface area (Å²) in [4.78, 5) is 34.6. The molecule has 4 heterocycles. The van der Waals surface area contributed by atoms with Crippen LogP contribution in [0.3, 0.4) is 0 Å². The van der Waals surface area contributed by atoms with Crippen molar-refractivity contribution >= 4 is 46.8 Å². The Balaban J connectivity index is 0.000000228. The van der Waals surface area contributed by atoms with Crippen molar-refractivity contribution in [3.63, 3.8) is 0 Å². The van der Waals surface area contributed by atoms with Gasteiger partial charge in [0.2, 0.25) is 0 Å². The summed E-state index contributed by atoms with van der Waals surface area (Å²) < 4.78 is 64.9. The topological polar surface area (TPSA) is 95.9 Å². The molecule has 1 N–H and O–H groups in total. The molecule has 0 saturated carbocycles. The van der Waals surface area contributed by atoms with Crippen LogP contribution >= 0.6 is 23.5 Å². The van der Waals surface area contributed by atoms with Crippen LogP contribution in [0, 0.1) is 35.1 Å². The number of benzene rings is 2. The van der Waals surface area contributed by atoms with E-state index in [9.17, 15) is 18.4 Å². The summed E-state index contributed by atoms with van der Waals surface area (Å²) in [5, 5.41) is 11.0. The van der Waals surface area contributed by atoms with Crippen LogP contribution in [0.1, 0.15) is 86.0 Å². The molecular formula is C46H56F4N4O4S2. The molecule has 2 aromatic heterocycles. The predicted octanol–water partition coefficient (Wildman–Crippen LogP) is 11.7. The summed E-state index contributed by atoms with van der Waals surface area (Å²) in [5.41, 5.74) is 2.49. The number of ether oxygens (including phenoxy) is 1. The van der Waals surface area contributed by atoms with Gasteiger partial charge in [-0.3, -0.25) is 9.59 Å². The maximum atomic E-state index is 15.0. The van der Waals surface area contributed by atoms with Crippen molar-refractivity contribution in [2.24, 2.45) is 11.8 Å². The van der Waals surface area contributed by atoms with Gasteiger partial charge in [0.15, 0.2) is 0 Å². The van der Waals surface area contributed by atoms with Gasteiger partial charge in [0, 0.05) is 73.0 Å². The molecule has 60 heavy (non-hydrogen) atoms. The van der Waals surface area contributed by atoms with E-state index in [1.165, 1.54) is 24.3 Å². The number of piperidine rings is 2. The molecule has 4 aromatic rings. The number of hydrogen-bond donors (Lipinski definition) is 1. The number of anilines is 2. The van der Waals surface area contributed by atoms with Crippen molar-refractivity contribution in [1.82, 2.24) is 9.97 Å². The number of carboxylic acid groups (broad SMARTS) is 1. The van der Waals surface area contributed by atoms with Crippen LogP contribution in [-0.4, -0.2) is 70.3 Å². The lowest BCUT2D eigenvalue weighted by Crippen LogP contribution is -2.35. The molecule has 2 saturated heterocycles. The van der Waals surface area contributed by atoms with Crippen molar-refractivity contribution in [1.29, 1.82) is 0 Å². The van der Waals surface area contributed by atoms with E-state index in [1.54, 1.807) is 64.8 Å². The van der Waals surface area contributed by atoms with E-state index >= 15 is 8.78 Å². The van der Waals surface area contributed by atoms with Gasteiger partial charge >= 0.3 is 11.9 Å². The summed E-state index contributed by atoms with van der Waals surface area (Å²) >= 11 is 3.14. The smallest absolute Gasteiger partial charge is 0.305 e. The van der Waals surface area contributed by atoms with Crippen LogP contribution in [0.2, 0.25) is 0 Å². The van der Waals surface area contributed by atoms with Gasteiger partial charge < -0.3 is 19.6 Å². The number of nitrogens with zero attached hydrogens (tertiary/aromatic N) is 4. The highest BCUT2D eigenvalue weighted by Crippen LogP contribution is 2.39. The average molecular weight is 869 g/mol. The number of carbonyl (C=O) groups excluding carboxylic acids is 1. The lowest BCUT2D eigenvalue weighted by molar-refractivity contribution is -0.143. The highest BCUT2D eigenvalue weighted by Gasteiger charge is 2.27. The number of thioether (sulfide) groups is 2. The van der Waals surface area contributed by atoms with Crippen LogP contribution in [0.5, 0.6) is 0 Å². The molecule has 2 aliphatic rings. The lowest BCUT2D eigenvalue weighted by atomic mass is 9.91. The molecular weight excluding hydrogens is 813 g/mol. The lowest BCUT2D eigenvalue weighted by Gasteiger charge is -2.34. The number of halogens is 4. The number of hydrogen-bond acceptors (Lipinski definition) is 9. The molecule has 2 aromatic carbocycles. The Hall–Kier alpha value is -4.30.